The smallest absolute Gasteiger partial charge is 0.206 e. The third-order valence-corrected chi connectivity index (χ3v) is 7.36. The minimum atomic E-state index is -4.68. The van der Waals surface area contributed by atoms with Gasteiger partial charge in [-0.05, 0) is 73.6 Å². The lowest BCUT2D eigenvalue weighted by Crippen LogP contribution is -2.17. The van der Waals surface area contributed by atoms with Crippen LogP contribution in [0.25, 0.3) is 0 Å². The number of hydrogen-bond acceptors (Lipinski definition) is 0. The molecule has 0 heterocycles. The molecular weight excluding hydrogens is 400 g/mol. The van der Waals surface area contributed by atoms with Gasteiger partial charge in [0.05, 0.1) is 5.56 Å². The van der Waals surface area contributed by atoms with Gasteiger partial charge < -0.3 is 0 Å². The Morgan fingerprint density at radius 3 is 2.03 bits per heavy atom. The summed E-state index contributed by atoms with van der Waals surface area (Å²) in [5.41, 5.74) is -0.995. The molecule has 0 aromatic heterocycles. The van der Waals surface area contributed by atoms with Gasteiger partial charge in [0.1, 0.15) is 5.82 Å². The molecular formula is C27H34F4. The minimum absolute atomic E-state index is 0.256. The summed E-state index contributed by atoms with van der Waals surface area (Å²) in [6, 6.07) is 2.82. The van der Waals surface area contributed by atoms with E-state index in [-0.39, 0.29) is 5.56 Å². The van der Waals surface area contributed by atoms with Crippen LogP contribution in [0.15, 0.2) is 30.4 Å². The van der Waals surface area contributed by atoms with Crippen molar-refractivity contribution >= 4 is 0 Å². The van der Waals surface area contributed by atoms with Crippen LogP contribution in [0.5, 0.6) is 0 Å². The topological polar surface area (TPSA) is 0 Å². The Morgan fingerprint density at radius 1 is 0.903 bits per heavy atom. The number of benzene rings is 1. The molecule has 0 aliphatic heterocycles. The molecule has 0 N–H and O–H groups in total. The quantitative estimate of drug-likeness (QED) is 0.322. The standard InChI is InChI=1S/C27H34F4/c1-2-20-7-9-22(10-8-20)15-16-23-13-11-21(12-14-23)5-3-4-6-24-17-18-25(26(28)19-24)27(29,30)31/h3,5,17-23H,2,7-16H2,1H3. The molecule has 0 nitrogen and oxygen atoms in total. The van der Waals surface area contributed by atoms with Crippen LogP contribution in [-0.2, 0) is 6.18 Å². The molecule has 0 radical (unpaired) electrons. The number of allylic oxidation sites excluding steroid dienone is 2. The molecule has 0 saturated heterocycles. The molecule has 0 unspecified atom stereocenters. The molecule has 1 aromatic carbocycles. The van der Waals surface area contributed by atoms with E-state index in [0.717, 1.165) is 29.9 Å². The second-order valence-electron chi connectivity index (χ2n) is 9.47. The molecule has 2 aliphatic carbocycles. The van der Waals surface area contributed by atoms with Crippen LogP contribution in [0.3, 0.4) is 0 Å². The van der Waals surface area contributed by atoms with Crippen molar-refractivity contribution in [1.82, 2.24) is 0 Å². The largest absolute Gasteiger partial charge is 0.419 e. The van der Waals surface area contributed by atoms with E-state index in [1.54, 1.807) is 6.08 Å². The molecule has 3 rings (SSSR count). The summed E-state index contributed by atoms with van der Waals surface area (Å²) < 4.78 is 51.4. The Bertz CT molecular complexity index is 780. The van der Waals surface area contributed by atoms with Crippen LogP contribution in [-0.4, -0.2) is 0 Å². The van der Waals surface area contributed by atoms with E-state index in [1.165, 1.54) is 76.7 Å². The molecule has 31 heavy (non-hydrogen) atoms. The maximum absolute atomic E-state index is 13.6. The molecule has 2 aliphatic rings. The van der Waals surface area contributed by atoms with E-state index in [4.69, 9.17) is 0 Å². The van der Waals surface area contributed by atoms with Crippen LogP contribution in [0.4, 0.5) is 17.6 Å². The highest BCUT2D eigenvalue weighted by molar-refractivity contribution is 5.39. The molecule has 0 amide bonds. The SMILES string of the molecule is CCC1CCC(CCC2CCC(C=CC#Cc3ccc(C(F)(F)F)c(F)c3)CC2)CC1. The van der Waals surface area contributed by atoms with E-state index < -0.39 is 17.6 Å². The molecule has 4 heteroatoms. The van der Waals surface area contributed by atoms with Crippen molar-refractivity contribution in [2.24, 2.45) is 23.7 Å². The van der Waals surface area contributed by atoms with Gasteiger partial charge in [-0.3, -0.25) is 0 Å². The second-order valence-corrected chi connectivity index (χ2v) is 9.47. The fourth-order valence-electron chi connectivity index (χ4n) is 5.20. The fraction of sp³-hybridized carbons (Fsp3) is 0.630. The van der Waals surface area contributed by atoms with Crippen molar-refractivity contribution in [3.05, 3.63) is 47.3 Å². The zero-order valence-corrected chi connectivity index (χ0v) is 18.5. The van der Waals surface area contributed by atoms with Crippen LogP contribution in [0, 0.1) is 41.3 Å². The second kappa shape index (κ2) is 11.2. The summed E-state index contributed by atoms with van der Waals surface area (Å²) in [5.74, 6) is 7.60. The maximum Gasteiger partial charge on any atom is 0.419 e. The Kier molecular flexibility index (Phi) is 8.64. The lowest BCUT2D eigenvalue weighted by atomic mass is 9.75. The highest BCUT2D eigenvalue weighted by Crippen LogP contribution is 2.37. The first-order valence-electron chi connectivity index (χ1n) is 11.9. The Morgan fingerprint density at radius 2 is 1.48 bits per heavy atom. The highest BCUT2D eigenvalue weighted by atomic mass is 19.4. The van der Waals surface area contributed by atoms with Gasteiger partial charge in [0, 0.05) is 5.56 Å². The van der Waals surface area contributed by atoms with E-state index in [0.29, 0.717) is 5.92 Å². The first kappa shape index (κ1) is 23.9. The molecule has 0 spiro atoms. The van der Waals surface area contributed by atoms with E-state index in [2.05, 4.69) is 24.8 Å². The first-order valence-corrected chi connectivity index (χ1v) is 11.9. The van der Waals surface area contributed by atoms with Crippen LogP contribution in [0.2, 0.25) is 0 Å². The molecule has 1 aromatic rings. The summed E-state index contributed by atoms with van der Waals surface area (Å²) in [6.07, 6.45) is 13.9. The van der Waals surface area contributed by atoms with Crippen LogP contribution in [0.1, 0.15) is 88.7 Å². The Balaban J connectivity index is 1.38. The van der Waals surface area contributed by atoms with E-state index in [9.17, 15) is 17.6 Å². The fourth-order valence-corrected chi connectivity index (χ4v) is 5.20. The van der Waals surface area contributed by atoms with Crippen molar-refractivity contribution in [2.45, 2.75) is 83.7 Å². The Labute approximate surface area is 184 Å². The monoisotopic (exact) mass is 434 g/mol. The molecule has 170 valence electrons. The van der Waals surface area contributed by atoms with Gasteiger partial charge in [-0.15, -0.1) is 0 Å². The first-order chi connectivity index (χ1) is 14.8. The van der Waals surface area contributed by atoms with Crippen LogP contribution < -0.4 is 0 Å². The molecule has 2 saturated carbocycles. The van der Waals surface area contributed by atoms with Gasteiger partial charge in [0.25, 0.3) is 0 Å². The van der Waals surface area contributed by atoms with Crippen molar-refractivity contribution in [2.75, 3.05) is 0 Å². The summed E-state index contributed by atoms with van der Waals surface area (Å²) >= 11 is 0. The predicted octanol–water partition coefficient (Wildman–Crippen LogP) is 8.56. The average molecular weight is 435 g/mol. The normalized spacial score (nSPS) is 27.1. The Hall–Kier alpha value is -1.76. The van der Waals surface area contributed by atoms with Crippen molar-refractivity contribution < 1.29 is 17.6 Å². The molecule has 0 atom stereocenters. The van der Waals surface area contributed by atoms with Crippen LogP contribution >= 0.6 is 0 Å². The van der Waals surface area contributed by atoms with Gasteiger partial charge in [-0.2, -0.15) is 13.2 Å². The summed E-state index contributed by atoms with van der Waals surface area (Å²) in [4.78, 5) is 0. The summed E-state index contributed by atoms with van der Waals surface area (Å²) in [5, 5.41) is 0. The number of hydrogen-bond donors (Lipinski definition) is 0. The third-order valence-electron chi connectivity index (χ3n) is 7.36. The van der Waals surface area contributed by atoms with E-state index >= 15 is 0 Å². The van der Waals surface area contributed by atoms with Crippen molar-refractivity contribution in [1.29, 1.82) is 0 Å². The van der Waals surface area contributed by atoms with Crippen molar-refractivity contribution in [3.8, 4) is 11.8 Å². The lowest BCUT2D eigenvalue weighted by molar-refractivity contribution is -0.140. The van der Waals surface area contributed by atoms with Gasteiger partial charge in [0.2, 0.25) is 0 Å². The van der Waals surface area contributed by atoms with Crippen molar-refractivity contribution in [3.63, 3.8) is 0 Å². The minimum Gasteiger partial charge on any atom is -0.206 e. The number of alkyl halides is 3. The lowest BCUT2D eigenvalue weighted by Gasteiger charge is -2.31. The maximum atomic E-state index is 13.6. The number of rotatable bonds is 5. The van der Waals surface area contributed by atoms with Gasteiger partial charge in [-0.25, -0.2) is 4.39 Å². The highest BCUT2D eigenvalue weighted by Gasteiger charge is 2.33. The summed E-state index contributed by atoms with van der Waals surface area (Å²) in [7, 11) is 0. The third kappa shape index (κ3) is 7.41. The predicted molar refractivity (Wildman–Crippen MR) is 118 cm³/mol. The van der Waals surface area contributed by atoms with Gasteiger partial charge >= 0.3 is 6.18 Å². The number of halogens is 4. The van der Waals surface area contributed by atoms with E-state index in [1.807, 2.05) is 0 Å². The molecule has 2 fully saturated rings. The zero-order valence-electron chi connectivity index (χ0n) is 18.5. The van der Waals surface area contributed by atoms with Gasteiger partial charge in [-0.1, -0.05) is 69.8 Å². The zero-order chi connectivity index (χ0) is 22.3. The summed E-state index contributed by atoms with van der Waals surface area (Å²) in [6.45, 7) is 2.32. The molecule has 0 bridgehead atoms. The average Bonchev–Trinajstić information content (AvgIpc) is 2.75. The van der Waals surface area contributed by atoms with Gasteiger partial charge in [0.15, 0.2) is 0 Å².